The van der Waals surface area contributed by atoms with Crippen LogP contribution in [0.3, 0.4) is 0 Å². The summed E-state index contributed by atoms with van der Waals surface area (Å²) in [7, 11) is 1.86. The molecule has 19 heavy (non-hydrogen) atoms. The molecule has 0 aliphatic heterocycles. The predicted molar refractivity (Wildman–Crippen MR) is 75.6 cm³/mol. The van der Waals surface area contributed by atoms with Crippen LogP contribution in [0.4, 0.5) is 0 Å². The molecule has 0 fully saturated rings. The molecule has 1 heterocycles. The first-order chi connectivity index (χ1) is 8.90. The van der Waals surface area contributed by atoms with Gasteiger partial charge >= 0.3 is 0 Å². The van der Waals surface area contributed by atoms with Crippen LogP contribution in [-0.4, -0.2) is 9.90 Å². The van der Waals surface area contributed by atoms with Crippen LogP contribution in [-0.2, 0) is 19.0 Å². The minimum atomic E-state index is 0.188. The highest BCUT2D eigenvalue weighted by atomic mass is 15.5. The highest BCUT2D eigenvalue weighted by Crippen LogP contribution is 2.21. The zero-order chi connectivity index (χ0) is 14.0. The molecule has 0 unspecified atom stereocenters. The standard InChI is InChI=1S/C16H20N3/c1-6-15-12-19(17-18(15)5)11-13-7-9-14(10-8-13)16(2,3)4/h1,7-10,12H,11H2,2-5H3/q+1. The van der Waals surface area contributed by atoms with Crippen LogP contribution in [0.5, 0.6) is 0 Å². The van der Waals surface area contributed by atoms with E-state index in [1.54, 1.807) is 4.68 Å². The Balaban J connectivity index is 2.18. The molecule has 0 spiro atoms. The molecule has 0 radical (unpaired) electrons. The van der Waals surface area contributed by atoms with Crippen LogP contribution < -0.4 is 4.68 Å². The van der Waals surface area contributed by atoms with Crippen molar-refractivity contribution in [1.82, 2.24) is 9.90 Å². The first kappa shape index (κ1) is 13.4. The third kappa shape index (κ3) is 3.03. The van der Waals surface area contributed by atoms with E-state index in [1.165, 1.54) is 11.1 Å². The van der Waals surface area contributed by atoms with Gasteiger partial charge in [0.1, 0.15) is 13.6 Å². The van der Waals surface area contributed by atoms with Crippen molar-refractivity contribution in [3.05, 3.63) is 47.3 Å². The topological polar surface area (TPSA) is 21.7 Å². The summed E-state index contributed by atoms with van der Waals surface area (Å²) >= 11 is 0. The van der Waals surface area contributed by atoms with E-state index < -0.39 is 0 Å². The molecule has 3 heteroatoms. The van der Waals surface area contributed by atoms with Gasteiger partial charge in [-0.2, -0.15) is 0 Å². The Bertz CT molecular complexity index is 607. The highest BCUT2D eigenvalue weighted by molar-refractivity contribution is 5.27. The first-order valence-electron chi connectivity index (χ1n) is 6.40. The molecule has 0 aliphatic rings. The molecule has 0 saturated heterocycles. The van der Waals surface area contributed by atoms with Crippen LogP contribution >= 0.6 is 0 Å². The quantitative estimate of drug-likeness (QED) is 0.593. The molecule has 0 atom stereocenters. The van der Waals surface area contributed by atoms with Crippen LogP contribution in [0.1, 0.15) is 37.6 Å². The number of nitrogens with zero attached hydrogens (tertiary/aromatic N) is 3. The van der Waals surface area contributed by atoms with Gasteiger partial charge in [-0.1, -0.05) is 45.0 Å². The van der Waals surface area contributed by atoms with E-state index in [1.807, 2.05) is 17.9 Å². The number of rotatable bonds is 2. The van der Waals surface area contributed by atoms with Crippen molar-refractivity contribution in [2.45, 2.75) is 32.7 Å². The largest absolute Gasteiger partial charge is 0.240 e. The van der Waals surface area contributed by atoms with Crippen LogP contribution in [0, 0.1) is 12.3 Å². The zero-order valence-corrected chi connectivity index (χ0v) is 12.0. The Kier molecular flexibility index (Phi) is 3.44. The Morgan fingerprint density at radius 2 is 1.89 bits per heavy atom. The average molecular weight is 254 g/mol. The summed E-state index contributed by atoms with van der Waals surface area (Å²) in [6.45, 7) is 7.39. The number of hydrogen-bond donors (Lipinski definition) is 0. The van der Waals surface area contributed by atoms with E-state index in [2.05, 4.69) is 56.2 Å². The Morgan fingerprint density at radius 1 is 1.26 bits per heavy atom. The second kappa shape index (κ2) is 4.89. The molecule has 0 amide bonds. The molecule has 0 bridgehead atoms. The maximum atomic E-state index is 5.40. The fourth-order valence-electron chi connectivity index (χ4n) is 1.98. The minimum Gasteiger partial charge on any atom is -0.132 e. The Hall–Kier alpha value is -2.08. The van der Waals surface area contributed by atoms with Crippen molar-refractivity contribution in [1.29, 1.82) is 0 Å². The van der Waals surface area contributed by atoms with Crippen molar-refractivity contribution >= 4 is 0 Å². The van der Waals surface area contributed by atoms with E-state index in [0.29, 0.717) is 0 Å². The van der Waals surface area contributed by atoms with E-state index >= 15 is 0 Å². The molecule has 98 valence electrons. The maximum Gasteiger partial charge on any atom is 0.240 e. The van der Waals surface area contributed by atoms with Crippen molar-refractivity contribution in [3.8, 4) is 12.3 Å². The lowest BCUT2D eigenvalue weighted by atomic mass is 9.87. The van der Waals surface area contributed by atoms with Gasteiger partial charge in [-0.05, 0) is 22.5 Å². The number of terminal acetylenes is 1. The zero-order valence-electron chi connectivity index (χ0n) is 12.0. The lowest BCUT2D eigenvalue weighted by Gasteiger charge is -2.18. The van der Waals surface area contributed by atoms with Gasteiger partial charge in [-0.3, -0.25) is 0 Å². The smallest absolute Gasteiger partial charge is 0.132 e. The van der Waals surface area contributed by atoms with Gasteiger partial charge in [0, 0.05) is 0 Å². The lowest BCUT2D eigenvalue weighted by molar-refractivity contribution is -0.747. The molecule has 3 nitrogen and oxygen atoms in total. The van der Waals surface area contributed by atoms with E-state index in [9.17, 15) is 0 Å². The maximum absolute atomic E-state index is 5.40. The summed E-state index contributed by atoms with van der Waals surface area (Å²) in [5.74, 6) is 2.61. The third-order valence-corrected chi connectivity index (χ3v) is 3.18. The molecule has 2 aromatic rings. The normalized spacial score (nSPS) is 11.3. The summed E-state index contributed by atoms with van der Waals surface area (Å²) in [6.07, 6.45) is 7.29. The second-order valence-corrected chi connectivity index (χ2v) is 5.82. The number of aryl methyl sites for hydroxylation is 1. The Labute approximate surface area is 114 Å². The first-order valence-corrected chi connectivity index (χ1v) is 6.40. The van der Waals surface area contributed by atoms with Crippen molar-refractivity contribution in [2.75, 3.05) is 0 Å². The minimum absolute atomic E-state index is 0.188. The van der Waals surface area contributed by atoms with Crippen molar-refractivity contribution < 1.29 is 4.68 Å². The summed E-state index contributed by atoms with van der Waals surface area (Å²) in [6, 6.07) is 8.66. The van der Waals surface area contributed by atoms with E-state index in [4.69, 9.17) is 6.42 Å². The summed E-state index contributed by atoms with van der Waals surface area (Å²) < 4.78 is 3.57. The fourth-order valence-corrected chi connectivity index (χ4v) is 1.98. The van der Waals surface area contributed by atoms with Crippen LogP contribution in [0.2, 0.25) is 0 Å². The summed E-state index contributed by atoms with van der Waals surface area (Å²) in [5, 5.41) is 4.34. The second-order valence-electron chi connectivity index (χ2n) is 5.82. The fraction of sp³-hybridized carbons (Fsp3) is 0.375. The van der Waals surface area contributed by atoms with Gasteiger partial charge in [0.2, 0.25) is 5.69 Å². The Morgan fingerprint density at radius 3 is 2.37 bits per heavy atom. The number of benzene rings is 1. The monoisotopic (exact) mass is 254 g/mol. The molecule has 0 saturated carbocycles. The predicted octanol–water partition coefficient (Wildman–Crippen LogP) is 2.03. The summed E-state index contributed by atoms with van der Waals surface area (Å²) in [4.78, 5) is 0. The number of hydrogen-bond acceptors (Lipinski definition) is 1. The van der Waals surface area contributed by atoms with Gasteiger partial charge in [0.15, 0.2) is 6.20 Å². The molecule has 1 aromatic carbocycles. The molecular weight excluding hydrogens is 234 g/mol. The molecular formula is C16H20N3+. The van der Waals surface area contributed by atoms with Crippen LogP contribution in [0.25, 0.3) is 0 Å². The van der Waals surface area contributed by atoms with Crippen LogP contribution in [0.15, 0.2) is 30.5 Å². The molecule has 0 aliphatic carbocycles. The average Bonchev–Trinajstić information content (AvgIpc) is 2.69. The van der Waals surface area contributed by atoms with Crippen molar-refractivity contribution in [3.63, 3.8) is 0 Å². The number of aromatic nitrogens is 3. The van der Waals surface area contributed by atoms with Gasteiger partial charge in [-0.25, -0.2) is 0 Å². The molecule has 0 N–H and O–H groups in total. The molecule has 1 aromatic heterocycles. The van der Waals surface area contributed by atoms with Crippen molar-refractivity contribution in [2.24, 2.45) is 7.05 Å². The van der Waals surface area contributed by atoms with Gasteiger partial charge in [0.05, 0.1) is 5.21 Å². The summed E-state index contributed by atoms with van der Waals surface area (Å²) in [5.41, 5.74) is 3.53. The SMILES string of the molecule is C#Cc1c[n+](Cc2ccc(C(C)(C)C)cc2)nn1C. The molecule has 2 rings (SSSR count). The van der Waals surface area contributed by atoms with Gasteiger partial charge in [0.25, 0.3) is 0 Å². The van der Waals surface area contributed by atoms with E-state index in [0.717, 1.165) is 12.2 Å². The van der Waals surface area contributed by atoms with Gasteiger partial charge in [-0.15, -0.1) is 15.8 Å². The lowest BCUT2D eigenvalue weighted by Crippen LogP contribution is -2.36. The van der Waals surface area contributed by atoms with Gasteiger partial charge < -0.3 is 0 Å². The highest BCUT2D eigenvalue weighted by Gasteiger charge is 2.14. The third-order valence-electron chi connectivity index (χ3n) is 3.18. The van der Waals surface area contributed by atoms with E-state index in [-0.39, 0.29) is 5.41 Å².